The fourth-order valence-corrected chi connectivity index (χ4v) is 3.64. The van der Waals surface area contributed by atoms with Crippen molar-refractivity contribution < 1.29 is 4.79 Å². The molecule has 1 aromatic heterocycles. The standard InChI is InChI=1S/C17H28N4O/c1-2-3-9-19-14-8-18-16(19)15-6-12-21(13-7-15)17(22)20-10-4-5-11-20/h8,14-15H,2-7,9-13H2,1H3. The van der Waals surface area contributed by atoms with Crippen molar-refractivity contribution in [3.05, 3.63) is 18.2 Å². The predicted octanol–water partition coefficient (Wildman–Crippen LogP) is 3.08. The Balaban J connectivity index is 1.55. The van der Waals surface area contributed by atoms with Crippen LogP contribution in [0.15, 0.2) is 12.4 Å². The minimum Gasteiger partial charge on any atom is -0.335 e. The van der Waals surface area contributed by atoms with E-state index in [1.807, 2.05) is 16.0 Å². The summed E-state index contributed by atoms with van der Waals surface area (Å²) in [6, 6.07) is 0.255. The van der Waals surface area contributed by atoms with Crippen molar-refractivity contribution in [1.82, 2.24) is 19.4 Å². The second-order valence-corrected chi connectivity index (χ2v) is 6.57. The van der Waals surface area contributed by atoms with E-state index in [9.17, 15) is 4.79 Å². The van der Waals surface area contributed by atoms with E-state index in [0.29, 0.717) is 5.92 Å². The molecule has 2 aliphatic heterocycles. The zero-order valence-corrected chi connectivity index (χ0v) is 13.7. The number of aryl methyl sites for hydroxylation is 1. The smallest absolute Gasteiger partial charge is 0.319 e. The lowest BCUT2D eigenvalue weighted by Gasteiger charge is -2.34. The number of unbranched alkanes of at least 4 members (excludes halogenated alkanes) is 1. The number of carbonyl (C=O) groups is 1. The van der Waals surface area contributed by atoms with E-state index in [1.54, 1.807) is 0 Å². The summed E-state index contributed by atoms with van der Waals surface area (Å²) in [6.07, 6.45) is 10.9. The molecular formula is C17H28N4O. The van der Waals surface area contributed by atoms with Gasteiger partial charge in [-0.1, -0.05) is 13.3 Å². The van der Waals surface area contributed by atoms with Crippen LogP contribution in [0.3, 0.4) is 0 Å². The second-order valence-electron chi connectivity index (χ2n) is 6.57. The maximum Gasteiger partial charge on any atom is 0.319 e. The topological polar surface area (TPSA) is 41.4 Å². The van der Waals surface area contributed by atoms with Gasteiger partial charge in [0, 0.05) is 51.0 Å². The van der Waals surface area contributed by atoms with Crippen LogP contribution < -0.4 is 0 Å². The van der Waals surface area contributed by atoms with Crippen LogP contribution in [0.25, 0.3) is 0 Å². The number of hydrogen-bond acceptors (Lipinski definition) is 2. The number of urea groups is 1. The maximum absolute atomic E-state index is 12.4. The van der Waals surface area contributed by atoms with Crippen LogP contribution in [0, 0.1) is 0 Å². The lowest BCUT2D eigenvalue weighted by atomic mass is 9.96. The number of aromatic nitrogens is 2. The summed E-state index contributed by atoms with van der Waals surface area (Å²) in [7, 11) is 0. The van der Waals surface area contributed by atoms with E-state index in [0.717, 1.165) is 58.4 Å². The van der Waals surface area contributed by atoms with Crippen molar-refractivity contribution >= 4 is 6.03 Å². The van der Waals surface area contributed by atoms with Gasteiger partial charge in [-0.2, -0.15) is 0 Å². The van der Waals surface area contributed by atoms with E-state index in [2.05, 4.69) is 22.7 Å². The Morgan fingerprint density at radius 1 is 1.18 bits per heavy atom. The molecule has 2 aliphatic rings. The van der Waals surface area contributed by atoms with Crippen LogP contribution in [0.4, 0.5) is 4.79 Å². The summed E-state index contributed by atoms with van der Waals surface area (Å²) in [6.45, 7) is 6.93. The molecule has 0 unspecified atom stereocenters. The minimum absolute atomic E-state index is 0.255. The molecular weight excluding hydrogens is 276 g/mol. The second kappa shape index (κ2) is 7.16. The van der Waals surface area contributed by atoms with Crippen LogP contribution in [0.5, 0.6) is 0 Å². The molecule has 0 aliphatic carbocycles. The Bertz CT molecular complexity index is 485. The van der Waals surface area contributed by atoms with Gasteiger partial charge in [0.25, 0.3) is 0 Å². The van der Waals surface area contributed by atoms with Gasteiger partial charge >= 0.3 is 6.03 Å². The average molecular weight is 304 g/mol. The molecule has 122 valence electrons. The Morgan fingerprint density at radius 3 is 2.55 bits per heavy atom. The molecule has 2 saturated heterocycles. The third kappa shape index (κ3) is 3.28. The number of amides is 2. The highest BCUT2D eigenvalue weighted by Crippen LogP contribution is 2.28. The van der Waals surface area contributed by atoms with E-state index in [4.69, 9.17) is 0 Å². The summed E-state index contributed by atoms with van der Waals surface area (Å²) in [4.78, 5) is 21.1. The van der Waals surface area contributed by atoms with Crippen LogP contribution in [0.2, 0.25) is 0 Å². The van der Waals surface area contributed by atoms with Gasteiger partial charge in [-0.3, -0.25) is 0 Å². The first-order valence-corrected chi connectivity index (χ1v) is 8.84. The van der Waals surface area contributed by atoms with Gasteiger partial charge in [0.1, 0.15) is 5.82 Å². The summed E-state index contributed by atoms with van der Waals surface area (Å²) < 4.78 is 2.31. The van der Waals surface area contributed by atoms with Gasteiger partial charge in [-0.15, -0.1) is 0 Å². The fraction of sp³-hybridized carbons (Fsp3) is 0.765. The van der Waals surface area contributed by atoms with Crippen molar-refractivity contribution in [2.75, 3.05) is 26.2 Å². The van der Waals surface area contributed by atoms with Crippen LogP contribution in [0.1, 0.15) is 57.2 Å². The quantitative estimate of drug-likeness (QED) is 0.858. The molecule has 0 atom stereocenters. The lowest BCUT2D eigenvalue weighted by molar-refractivity contribution is 0.147. The Morgan fingerprint density at radius 2 is 1.86 bits per heavy atom. The molecule has 3 heterocycles. The van der Waals surface area contributed by atoms with Gasteiger partial charge in [0.05, 0.1) is 0 Å². The number of carbonyl (C=O) groups excluding carboxylic acids is 1. The fourth-order valence-electron chi connectivity index (χ4n) is 3.64. The molecule has 0 saturated carbocycles. The zero-order valence-electron chi connectivity index (χ0n) is 13.7. The Hall–Kier alpha value is -1.52. The first-order chi connectivity index (χ1) is 10.8. The first kappa shape index (κ1) is 15.4. The highest BCUT2D eigenvalue weighted by molar-refractivity contribution is 5.74. The monoisotopic (exact) mass is 304 g/mol. The van der Waals surface area contributed by atoms with Crippen molar-refractivity contribution in [2.24, 2.45) is 0 Å². The SMILES string of the molecule is CCCCn1ccnc1C1CCN(C(=O)N2CCCC2)CC1. The van der Waals surface area contributed by atoms with Crippen LogP contribution >= 0.6 is 0 Å². The average Bonchev–Trinajstić information content (AvgIpc) is 3.24. The molecule has 0 aromatic carbocycles. The number of imidazole rings is 1. The molecule has 0 spiro atoms. The predicted molar refractivity (Wildman–Crippen MR) is 86.9 cm³/mol. The van der Waals surface area contributed by atoms with Crippen molar-refractivity contribution in [3.63, 3.8) is 0 Å². The normalized spacial score (nSPS) is 19.9. The first-order valence-electron chi connectivity index (χ1n) is 8.84. The van der Waals surface area contributed by atoms with Crippen molar-refractivity contribution in [3.8, 4) is 0 Å². The highest BCUT2D eigenvalue weighted by Gasteiger charge is 2.29. The van der Waals surface area contributed by atoms with Crippen molar-refractivity contribution in [1.29, 1.82) is 0 Å². The molecule has 0 radical (unpaired) electrons. The minimum atomic E-state index is 0.255. The molecule has 0 bridgehead atoms. The maximum atomic E-state index is 12.4. The van der Waals surface area contributed by atoms with E-state index >= 15 is 0 Å². The van der Waals surface area contributed by atoms with E-state index < -0.39 is 0 Å². The number of rotatable bonds is 4. The van der Waals surface area contributed by atoms with Gasteiger partial charge in [-0.05, 0) is 32.1 Å². The summed E-state index contributed by atoms with van der Waals surface area (Å²) in [5.74, 6) is 1.73. The number of piperidine rings is 1. The summed E-state index contributed by atoms with van der Waals surface area (Å²) in [5.41, 5.74) is 0. The van der Waals surface area contributed by atoms with E-state index in [1.165, 1.54) is 18.7 Å². The van der Waals surface area contributed by atoms with Crippen LogP contribution in [-0.4, -0.2) is 51.6 Å². The molecule has 5 heteroatoms. The molecule has 0 N–H and O–H groups in total. The van der Waals surface area contributed by atoms with E-state index in [-0.39, 0.29) is 6.03 Å². The zero-order chi connectivity index (χ0) is 15.4. The van der Waals surface area contributed by atoms with Gasteiger partial charge in [-0.25, -0.2) is 9.78 Å². The summed E-state index contributed by atoms with van der Waals surface area (Å²) >= 11 is 0. The summed E-state index contributed by atoms with van der Waals surface area (Å²) in [5, 5.41) is 0. The Kier molecular flexibility index (Phi) is 5.01. The Labute approximate surface area is 133 Å². The number of nitrogens with zero attached hydrogens (tertiary/aromatic N) is 4. The molecule has 2 fully saturated rings. The molecule has 2 amide bonds. The lowest BCUT2D eigenvalue weighted by Crippen LogP contribution is -2.45. The molecule has 5 nitrogen and oxygen atoms in total. The number of hydrogen-bond donors (Lipinski definition) is 0. The third-order valence-corrected chi connectivity index (χ3v) is 5.01. The largest absolute Gasteiger partial charge is 0.335 e. The third-order valence-electron chi connectivity index (χ3n) is 5.01. The number of likely N-dealkylation sites (tertiary alicyclic amines) is 2. The molecule has 3 rings (SSSR count). The van der Waals surface area contributed by atoms with Gasteiger partial charge in [0.15, 0.2) is 0 Å². The van der Waals surface area contributed by atoms with Crippen molar-refractivity contribution in [2.45, 2.75) is 57.9 Å². The van der Waals surface area contributed by atoms with Crippen LogP contribution in [-0.2, 0) is 6.54 Å². The molecule has 1 aromatic rings. The van der Waals surface area contributed by atoms with Gasteiger partial charge in [0.2, 0.25) is 0 Å². The molecule has 22 heavy (non-hydrogen) atoms. The van der Waals surface area contributed by atoms with Gasteiger partial charge < -0.3 is 14.4 Å². The highest BCUT2D eigenvalue weighted by atomic mass is 16.2.